The molecule has 2 heterocycles. The van der Waals surface area contributed by atoms with E-state index in [1.54, 1.807) is 26.0 Å². The molecule has 6 N–H and O–H groups in total. The lowest BCUT2D eigenvalue weighted by molar-refractivity contribution is -0.302. The molecule has 0 aromatic heterocycles. The Hall–Kier alpha value is -3.10. The smallest absolute Gasteiger partial charge is 0.202 e. The van der Waals surface area contributed by atoms with Gasteiger partial charge in [-0.15, -0.1) is 0 Å². The number of ether oxygens (including phenoxy) is 5. The van der Waals surface area contributed by atoms with Gasteiger partial charge in [0.05, 0.1) is 59.9 Å². The summed E-state index contributed by atoms with van der Waals surface area (Å²) >= 11 is 0. The van der Waals surface area contributed by atoms with Crippen LogP contribution in [0.4, 0.5) is 0 Å². The van der Waals surface area contributed by atoms with E-state index >= 15 is 0 Å². The van der Waals surface area contributed by atoms with Crippen LogP contribution in [0.3, 0.4) is 0 Å². The molecular weight excluding hydrogens is 586 g/mol. The minimum absolute atomic E-state index is 0.00327. The maximum atomic E-state index is 13.8. The van der Waals surface area contributed by atoms with Crippen molar-refractivity contribution in [3.8, 4) is 17.2 Å². The monoisotopic (exact) mass is 627 g/mol. The average Bonchev–Trinajstić information content (AvgIpc) is 2.97. The number of ketones is 2. The molecule has 2 aliphatic heterocycles. The molecule has 0 amide bonds. The number of aliphatic hydroxyl groups is 2. The Morgan fingerprint density at radius 3 is 2.27 bits per heavy atom. The zero-order valence-corrected chi connectivity index (χ0v) is 26.0. The molecule has 2 saturated heterocycles. The molecule has 2 aromatic carbocycles. The summed E-state index contributed by atoms with van der Waals surface area (Å²) in [5, 5.41) is 44.5. The summed E-state index contributed by atoms with van der Waals surface area (Å²) < 4.78 is 30.1. The van der Waals surface area contributed by atoms with Crippen LogP contribution in [-0.2, 0) is 25.4 Å². The summed E-state index contributed by atoms with van der Waals surface area (Å²) in [5.74, 6) is -2.14. The maximum Gasteiger partial charge on any atom is 0.202 e. The van der Waals surface area contributed by atoms with Crippen LogP contribution in [0.25, 0.3) is 0 Å². The van der Waals surface area contributed by atoms with Gasteiger partial charge < -0.3 is 49.8 Å². The third-order valence-corrected chi connectivity index (χ3v) is 9.60. The summed E-state index contributed by atoms with van der Waals surface area (Å²) in [6, 6.07) is 4.11. The van der Waals surface area contributed by atoms with Crippen molar-refractivity contribution in [1.29, 1.82) is 0 Å². The van der Waals surface area contributed by atoms with Crippen LogP contribution in [0.5, 0.6) is 17.2 Å². The van der Waals surface area contributed by atoms with Gasteiger partial charge in [0.2, 0.25) is 5.78 Å². The Bertz CT molecular complexity index is 1500. The van der Waals surface area contributed by atoms with Crippen molar-refractivity contribution in [3.63, 3.8) is 0 Å². The highest BCUT2D eigenvalue weighted by atomic mass is 16.7. The molecule has 0 bridgehead atoms. The first kappa shape index (κ1) is 31.9. The topological polar surface area (TPSA) is 187 Å². The lowest BCUT2D eigenvalue weighted by atomic mass is 9.73. The van der Waals surface area contributed by atoms with Gasteiger partial charge in [-0.3, -0.25) is 9.59 Å². The number of aliphatic hydroxyl groups excluding tert-OH is 1. The van der Waals surface area contributed by atoms with E-state index in [0.29, 0.717) is 12.8 Å². The first-order valence-electron chi connectivity index (χ1n) is 15.4. The number of phenols is 2. The number of aromatic hydroxyl groups is 2. The molecule has 45 heavy (non-hydrogen) atoms. The normalized spacial score (nSPS) is 36.2. The Labute approximate surface area is 261 Å². The summed E-state index contributed by atoms with van der Waals surface area (Å²) in [6.07, 6.45) is -3.76. The van der Waals surface area contributed by atoms with Crippen molar-refractivity contribution in [1.82, 2.24) is 0 Å². The van der Waals surface area contributed by atoms with E-state index in [4.69, 9.17) is 29.4 Å². The number of phenolic OH excluding ortho intramolecular Hbond substituents is 2. The standard InChI is InChI=1S/C33H41NO11/c1-13-9-21(43-15(3)32(13)45-22-10-18(34)27(35)14(2)42-22)44-20-12-33(4,40)11-17-24(20)31(39)26-25(29(17)37)28(36)16-7-6-8-19(41-5)23(16)30(26)38/h6-8,13-15,18,20-22,27,32,35,37,39-40H,9-12,34H2,1-5H3/t13?,14?,15?,18?,20-,21?,22?,27?,32?,33-/m0/s1. The summed E-state index contributed by atoms with van der Waals surface area (Å²) in [5.41, 5.74) is 4.41. The van der Waals surface area contributed by atoms with Gasteiger partial charge in [-0.2, -0.15) is 0 Å². The van der Waals surface area contributed by atoms with Crippen molar-refractivity contribution in [2.45, 2.75) is 108 Å². The number of hydrogen-bond donors (Lipinski definition) is 5. The van der Waals surface area contributed by atoms with Crippen LogP contribution in [0.15, 0.2) is 18.2 Å². The van der Waals surface area contributed by atoms with E-state index in [1.807, 2.05) is 13.8 Å². The molecular formula is C33H41NO11. The van der Waals surface area contributed by atoms with Gasteiger partial charge in [0, 0.05) is 48.4 Å². The van der Waals surface area contributed by atoms with Gasteiger partial charge in [0.15, 0.2) is 18.4 Å². The second-order valence-corrected chi connectivity index (χ2v) is 13.1. The zero-order valence-electron chi connectivity index (χ0n) is 26.0. The van der Waals surface area contributed by atoms with Crippen molar-refractivity contribution in [2.24, 2.45) is 11.7 Å². The number of rotatable bonds is 5. The number of methoxy groups -OCH3 is 1. The van der Waals surface area contributed by atoms with Gasteiger partial charge in [0.1, 0.15) is 17.2 Å². The SMILES string of the molecule is COc1cccc2c1C(=O)c1c(O)c3c(c(O)c1C2=O)C[C@](C)(O)C[C@@H]3OC1CC(C)C(OC2CC(N)C(O)C(C)O2)C(C)O1. The fraction of sp³-hybridized carbons (Fsp3) is 0.576. The van der Waals surface area contributed by atoms with E-state index in [-0.39, 0.29) is 64.0 Å². The Morgan fingerprint density at radius 1 is 0.933 bits per heavy atom. The number of benzene rings is 2. The molecule has 12 nitrogen and oxygen atoms in total. The maximum absolute atomic E-state index is 13.8. The van der Waals surface area contributed by atoms with Crippen molar-refractivity contribution >= 4 is 11.6 Å². The Balaban J connectivity index is 1.29. The predicted molar refractivity (Wildman–Crippen MR) is 158 cm³/mol. The van der Waals surface area contributed by atoms with E-state index in [1.165, 1.54) is 13.2 Å². The summed E-state index contributed by atoms with van der Waals surface area (Å²) in [4.78, 5) is 27.4. The number of nitrogens with two attached hydrogens (primary N) is 1. The lowest BCUT2D eigenvalue weighted by Crippen LogP contribution is -2.54. The molecule has 4 aliphatic rings. The quantitative estimate of drug-likeness (QED) is 0.261. The average molecular weight is 628 g/mol. The third-order valence-electron chi connectivity index (χ3n) is 9.60. The van der Waals surface area contributed by atoms with Gasteiger partial charge in [-0.25, -0.2) is 0 Å². The van der Waals surface area contributed by atoms with Crippen molar-refractivity contribution in [2.75, 3.05) is 7.11 Å². The summed E-state index contributed by atoms with van der Waals surface area (Å²) in [6.45, 7) is 7.16. The molecule has 2 fully saturated rings. The molecule has 6 rings (SSSR count). The molecule has 244 valence electrons. The van der Waals surface area contributed by atoms with E-state index in [2.05, 4.69) is 0 Å². The van der Waals surface area contributed by atoms with Crippen LogP contribution < -0.4 is 10.5 Å². The Morgan fingerprint density at radius 2 is 1.60 bits per heavy atom. The molecule has 0 saturated carbocycles. The van der Waals surface area contributed by atoms with Crippen LogP contribution in [0, 0.1) is 5.92 Å². The second-order valence-electron chi connectivity index (χ2n) is 13.1. The van der Waals surface area contributed by atoms with Crippen LogP contribution in [0.1, 0.15) is 96.0 Å². The predicted octanol–water partition coefficient (Wildman–Crippen LogP) is 2.62. The van der Waals surface area contributed by atoms with Crippen molar-refractivity contribution < 1.29 is 53.7 Å². The Kier molecular flexibility index (Phi) is 8.22. The molecule has 12 heteroatoms. The van der Waals surface area contributed by atoms with E-state index in [9.17, 15) is 30.0 Å². The fourth-order valence-corrected chi connectivity index (χ4v) is 7.35. The molecule has 8 unspecified atom stereocenters. The minimum Gasteiger partial charge on any atom is -0.507 e. The van der Waals surface area contributed by atoms with Gasteiger partial charge in [-0.1, -0.05) is 19.1 Å². The highest BCUT2D eigenvalue weighted by Crippen LogP contribution is 2.52. The van der Waals surface area contributed by atoms with Gasteiger partial charge >= 0.3 is 0 Å². The number of hydrogen-bond acceptors (Lipinski definition) is 12. The van der Waals surface area contributed by atoms with Crippen molar-refractivity contribution in [3.05, 3.63) is 51.6 Å². The highest BCUT2D eigenvalue weighted by molar-refractivity contribution is 6.31. The number of fused-ring (bicyclic) bond motifs is 3. The van der Waals surface area contributed by atoms with Gasteiger partial charge in [-0.05, 0) is 32.8 Å². The lowest BCUT2D eigenvalue weighted by Gasteiger charge is -2.44. The minimum atomic E-state index is -1.37. The van der Waals surface area contributed by atoms with Crippen LogP contribution in [-0.4, -0.2) is 87.7 Å². The van der Waals surface area contributed by atoms with Gasteiger partial charge in [0.25, 0.3) is 0 Å². The molecule has 0 radical (unpaired) electrons. The molecule has 2 aliphatic carbocycles. The second kappa shape index (κ2) is 11.6. The fourth-order valence-electron chi connectivity index (χ4n) is 7.35. The largest absolute Gasteiger partial charge is 0.507 e. The molecule has 2 aromatic rings. The third kappa shape index (κ3) is 5.42. The highest BCUT2D eigenvalue weighted by Gasteiger charge is 2.47. The first-order chi connectivity index (χ1) is 21.2. The number of carbonyl (C=O) groups excluding carboxylic acids is 2. The number of carbonyl (C=O) groups is 2. The molecule has 0 spiro atoms. The zero-order chi connectivity index (χ0) is 32.5. The van der Waals surface area contributed by atoms with E-state index in [0.717, 1.165) is 0 Å². The van der Waals surface area contributed by atoms with E-state index < -0.39 is 71.7 Å². The van der Waals surface area contributed by atoms with Crippen LogP contribution in [0.2, 0.25) is 0 Å². The summed E-state index contributed by atoms with van der Waals surface area (Å²) in [7, 11) is 1.38. The first-order valence-corrected chi connectivity index (χ1v) is 15.4. The molecule has 10 atom stereocenters. The van der Waals surface area contributed by atoms with Crippen LogP contribution >= 0.6 is 0 Å².